The van der Waals surface area contributed by atoms with Crippen LogP contribution in [0.25, 0.3) is 0 Å². The fraction of sp³-hybridized carbons (Fsp3) is 0.727. The van der Waals surface area contributed by atoms with Crippen LogP contribution in [0.5, 0.6) is 0 Å². The van der Waals surface area contributed by atoms with Crippen LogP contribution < -0.4 is 5.32 Å². The highest BCUT2D eigenvalue weighted by molar-refractivity contribution is 5.37. The van der Waals surface area contributed by atoms with Gasteiger partial charge in [-0.1, -0.05) is 45.4 Å². The second-order valence-corrected chi connectivity index (χ2v) is 8.27. The fourth-order valence-electron chi connectivity index (χ4n) is 4.48. The van der Waals surface area contributed by atoms with Crippen LogP contribution in [0.1, 0.15) is 76.0 Å². The van der Waals surface area contributed by atoms with Crippen molar-refractivity contribution >= 4 is 0 Å². The SMILES string of the molecule is CCCCc1ccc(C2(N(C)C)CCC(NC(C)C)CC2)c(C)c1. The number of nitrogens with zero attached hydrogens (tertiary/aromatic N) is 1. The molecule has 0 bridgehead atoms. The summed E-state index contributed by atoms with van der Waals surface area (Å²) in [5.74, 6) is 0. The average Bonchev–Trinajstić information content (AvgIpc) is 2.53. The number of unbranched alkanes of at least 4 members (excludes halogenated alkanes) is 1. The van der Waals surface area contributed by atoms with Crippen molar-refractivity contribution in [3.8, 4) is 0 Å². The first kappa shape index (κ1) is 19.5. The minimum atomic E-state index is 0.211. The summed E-state index contributed by atoms with van der Waals surface area (Å²) in [7, 11) is 4.53. The quantitative estimate of drug-likeness (QED) is 0.754. The zero-order valence-corrected chi connectivity index (χ0v) is 16.8. The molecule has 0 aliphatic heterocycles. The second kappa shape index (κ2) is 8.49. The van der Waals surface area contributed by atoms with E-state index in [0.29, 0.717) is 12.1 Å². The van der Waals surface area contributed by atoms with Crippen molar-refractivity contribution in [3.63, 3.8) is 0 Å². The Morgan fingerprint density at radius 1 is 1.21 bits per heavy atom. The monoisotopic (exact) mass is 330 g/mol. The van der Waals surface area contributed by atoms with E-state index in [0.717, 1.165) is 0 Å². The molecule has 0 radical (unpaired) electrons. The molecule has 1 fully saturated rings. The number of benzene rings is 1. The van der Waals surface area contributed by atoms with Crippen LogP contribution in [-0.4, -0.2) is 31.1 Å². The number of hydrogen-bond donors (Lipinski definition) is 1. The first-order chi connectivity index (χ1) is 11.4. The van der Waals surface area contributed by atoms with E-state index in [1.807, 2.05) is 0 Å². The van der Waals surface area contributed by atoms with Gasteiger partial charge in [0.05, 0.1) is 0 Å². The maximum atomic E-state index is 3.74. The van der Waals surface area contributed by atoms with Crippen LogP contribution in [0.3, 0.4) is 0 Å². The molecule has 0 heterocycles. The zero-order chi connectivity index (χ0) is 17.7. The number of hydrogen-bond acceptors (Lipinski definition) is 2. The number of aryl methyl sites for hydroxylation is 2. The number of rotatable bonds is 7. The lowest BCUT2D eigenvalue weighted by atomic mass is 9.72. The van der Waals surface area contributed by atoms with Gasteiger partial charge in [-0.25, -0.2) is 0 Å². The Bertz CT molecular complexity index is 511. The molecule has 0 spiro atoms. The largest absolute Gasteiger partial charge is 0.312 e. The van der Waals surface area contributed by atoms with Gasteiger partial charge in [0.25, 0.3) is 0 Å². The third-order valence-electron chi connectivity index (χ3n) is 5.85. The Hall–Kier alpha value is -0.860. The summed E-state index contributed by atoms with van der Waals surface area (Å²) in [4.78, 5) is 2.48. The lowest BCUT2D eigenvalue weighted by molar-refractivity contribution is 0.0835. The molecule has 2 nitrogen and oxygen atoms in total. The lowest BCUT2D eigenvalue weighted by Crippen LogP contribution is -2.49. The van der Waals surface area contributed by atoms with Crippen LogP contribution >= 0.6 is 0 Å². The zero-order valence-electron chi connectivity index (χ0n) is 16.8. The second-order valence-electron chi connectivity index (χ2n) is 8.27. The van der Waals surface area contributed by atoms with E-state index in [1.165, 1.54) is 56.1 Å². The van der Waals surface area contributed by atoms with Gasteiger partial charge in [0.2, 0.25) is 0 Å². The minimum Gasteiger partial charge on any atom is -0.312 e. The molecular weight excluding hydrogens is 292 g/mol. The van der Waals surface area contributed by atoms with Crippen LogP contribution in [0, 0.1) is 6.92 Å². The molecule has 1 aliphatic rings. The first-order valence-electron chi connectivity index (χ1n) is 9.92. The fourth-order valence-corrected chi connectivity index (χ4v) is 4.48. The van der Waals surface area contributed by atoms with Gasteiger partial charge in [0.1, 0.15) is 0 Å². The highest BCUT2D eigenvalue weighted by Crippen LogP contribution is 2.42. The molecule has 136 valence electrons. The maximum absolute atomic E-state index is 3.74. The van der Waals surface area contributed by atoms with Crippen LogP contribution in [0.4, 0.5) is 0 Å². The molecule has 0 saturated heterocycles. The van der Waals surface area contributed by atoms with Crippen molar-refractivity contribution in [1.82, 2.24) is 10.2 Å². The van der Waals surface area contributed by atoms with Gasteiger partial charge in [0, 0.05) is 17.6 Å². The Balaban J connectivity index is 2.19. The third-order valence-corrected chi connectivity index (χ3v) is 5.85. The molecule has 2 rings (SSSR count). The smallest absolute Gasteiger partial charge is 0.0458 e. The molecule has 2 heteroatoms. The third kappa shape index (κ3) is 4.40. The normalized spacial score (nSPS) is 24.8. The van der Waals surface area contributed by atoms with Crippen molar-refractivity contribution in [1.29, 1.82) is 0 Å². The van der Waals surface area contributed by atoms with E-state index in [1.54, 1.807) is 5.56 Å². The van der Waals surface area contributed by atoms with E-state index < -0.39 is 0 Å². The Morgan fingerprint density at radius 3 is 2.38 bits per heavy atom. The molecule has 1 aromatic rings. The van der Waals surface area contributed by atoms with Crippen LogP contribution in [0.15, 0.2) is 18.2 Å². The maximum Gasteiger partial charge on any atom is 0.0458 e. The molecule has 1 aromatic carbocycles. The summed E-state index contributed by atoms with van der Waals surface area (Å²) in [5.41, 5.74) is 4.74. The Labute approximate surface area is 150 Å². The Kier molecular flexibility index (Phi) is 6.88. The van der Waals surface area contributed by atoms with Crippen molar-refractivity contribution in [2.75, 3.05) is 14.1 Å². The predicted octanol–water partition coefficient (Wildman–Crippen LogP) is 5.04. The summed E-state index contributed by atoms with van der Waals surface area (Å²) in [6.45, 7) is 9.10. The van der Waals surface area contributed by atoms with E-state index >= 15 is 0 Å². The molecular formula is C22H38N2. The van der Waals surface area contributed by atoms with Gasteiger partial charge in [-0.05, 0) is 76.2 Å². The van der Waals surface area contributed by atoms with Gasteiger partial charge in [-0.2, -0.15) is 0 Å². The predicted molar refractivity (Wildman–Crippen MR) is 106 cm³/mol. The molecule has 1 aliphatic carbocycles. The molecule has 1 saturated carbocycles. The van der Waals surface area contributed by atoms with Gasteiger partial charge < -0.3 is 5.32 Å². The van der Waals surface area contributed by atoms with E-state index in [2.05, 4.69) is 70.2 Å². The van der Waals surface area contributed by atoms with Crippen molar-refractivity contribution in [2.45, 2.75) is 90.3 Å². The highest BCUT2D eigenvalue weighted by Gasteiger charge is 2.39. The highest BCUT2D eigenvalue weighted by atomic mass is 15.2. The summed E-state index contributed by atoms with van der Waals surface area (Å²) in [6.07, 6.45) is 8.82. The van der Waals surface area contributed by atoms with Gasteiger partial charge in [0.15, 0.2) is 0 Å². The summed E-state index contributed by atoms with van der Waals surface area (Å²) in [5, 5.41) is 3.74. The standard InChI is InChI=1S/C22H38N2/c1-7-8-9-19-10-11-21(18(4)16-19)22(24(5)6)14-12-20(13-15-22)23-17(2)3/h10-11,16-17,20,23H,7-9,12-15H2,1-6H3. The number of nitrogens with one attached hydrogen (secondary N) is 1. The van der Waals surface area contributed by atoms with Crippen molar-refractivity contribution in [3.05, 3.63) is 34.9 Å². The van der Waals surface area contributed by atoms with E-state index in [4.69, 9.17) is 0 Å². The van der Waals surface area contributed by atoms with Gasteiger partial charge >= 0.3 is 0 Å². The molecule has 0 amide bonds. The van der Waals surface area contributed by atoms with Gasteiger partial charge in [-0.15, -0.1) is 0 Å². The lowest BCUT2D eigenvalue weighted by Gasteiger charge is -2.47. The van der Waals surface area contributed by atoms with Gasteiger partial charge in [-0.3, -0.25) is 4.90 Å². The molecule has 0 atom stereocenters. The van der Waals surface area contributed by atoms with Crippen molar-refractivity contribution < 1.29 is 0 Å². The molecule has 0 aromatic heterocycles. The average molecular weight is 331 g/mol. The molecule has 1 N–H and O–H groups in total. The minimum absolute atomic E-state index is 0.211. The molecule has 0 unspecified atom stereocenters. The van der Waals surface area contributed by atoms with Crippen molar-refractivity contribution in [2.24, 2.45) is 0 Å². The summed E-state index contributed by atoms with van der Waals surface area (Å²) < 4.78 is 0. The van der Waals surface area contributed by atoms with E-state index in [9.17, 15) is 0 Å². The molecule has 24 heavy (non-hydrogen) atoms. The summed E-state index contributed by atoms with van der Waals surface area (Å²) >= 11 is 0. The van der Waals surface area contributed by atoms with E-state index in [-0.39, 0.29) is 5.54 Å². The Morgan fingerprint density at radius 2 is 1.88 bits per heavy atom. The van der Waals surface area contributed by atoms with Crippen LogP contribution in [-0.2, 0) is 12.0 Å². The topological polar surface area (TPSA) is 15.3 Å². The van der Waals surface area contributed by atoms with Crippen LogP contribution in [0.2, 0.25) is 0 Å². The summed E-state index contributed by atoms with van der Waals surface area (Å²) in [6, 6.07) is 8.51. The first-order valence-corrected chi connectivity index (χ1v) is 9.92.